The Balaban J connectivity index is 1.92. The number of nitrogens with zero attached hydrogens (tertiary/aromatic N) is 2. The molecule has 2 aromatic heterocycles. The van der Waals surface area contributed by atoms with E-state index < -0.39 is 8.07 Å². The quantitative estimate of drug-likeness (QED) is 0.361. The number of nitrogens with one attached hydrogen (secondary N) is 1. The summed E-state index contributed by atoms with van der Waals surface area (Å²) < 4.78 is 19.4. The Labute approximate surface area is 150 Å². The minimum absolute atomic E-state index is 0.0282. The number of H-pyrrole nitrogens is 1. The fraction of sp³-hybridized carbons (Fsp3) is 0.333. The molecule has 0 unspecified atom stereocenters. The van der Waals surface area contributed by atoms with E-state index in [0.717, 1.165) is 34.9 Å². The standard InChI is InChI=1S/C18H22N3O2PSi/c1-25(2,3)10-9-23-13-21-16(24-22)11-15-17(19-12-20-18(15)21)14-7-5-4-6-8-14/h4-8,11-12H,9-10,13H2,1-3H3/p+1. The van der Waals surface area contributed by atoms with Crippen molar-refractivity contribution in [1.82, 2.24) is 9.55 Å². The predicted octanol–water partition coefficient (Wildman–Crippen LogP) is 3.75. The lowest BCUT2D eigenvalue weighted by molar-refractivity contribution is -0.354. The third-order valence-electron chi connectivity index (χ3n) is 4.08. The number of hydrogen-bond acceptors (Lipinski definition) is 3. The van der Waals surface area contributed by atoms with Crippen LogP contribution in [-0.4, -0.2) is 24.2 Å². The zero-order valence-corrected chi connectivity index (χ0v) is 16.7. The molecular weight excluding hydrogens is 349 g/mol. The Kier molecular flexibility index (Phi) is 5.42. The van der Waals surface area contributed by atoms with E-state index in [0.29, 0.717) is 12.2 Å². The van der Waals surface area contributed by atoms with E-state index in [2.05, 4.69) is 29.6 Å². The number of aromatic amines is 1. The SMILES string of the molecule is C[Si](C)(C)CCOCn1c(P=O)cc2c(-c3ccccc3)nc[nH+]c21. The smallest absolute Gasteiger partial charge is 0.239 e. The zero-order chi connectivity index (χ0) is 17.9. The first-order valence-electron chi connectivity index (χ1n) is 8.36. The monoisotopic (exact) mass is 372 g/mol. The number of ether oxygens (including phenoxy) is 1. The molecule has 0 aliphatic heterocycles. The Morgan fingerprint density at radius 1 is 1.24 bits per heavy atom. The van der Waals surface area contributed by atoms with Crippen LogP contribution in [0.5, 0.6) is 0 Å². The molecule has 2 heterocycles. The maximum absolute atomic E-state index is 11.6. The molecule has 0 saturated carbocycles. The Hall–Kier alpha value is -1.88. The Bertz CT molecular complexity index is 875. The first-order valence-corrected chi connectivity index (χ1v) is 12.9. The Morgan fingerprint density at radius 2 is 2.00 bits per heavy atom. The van der Waals surface area contributed by atoms with Crippen LogP contribution in [0.15, 0.2) is 42.7 Å². The van der Waals surface area contributed by atoms with Gasteiger partial charge < -0.3 is 4.74 Å². The van der Waals surface area contributed by atoms with Crippen molar-refractivity contribution in [2.24, 2.45) is 0 Å². The van der Waals surface area contributed by atoms with E-state index in [1.807, 2.05) is 41.0 Å². The summed E-state index contributed by atoms with van der Waals surface area (Å²) in [5.74, 6) is 0. The van der Waals surface area contributed by atoms with Gasteiger partial charge in [0.25, 0.3) is 0 Å². The van der Waals surface area contributed by atoms with Crippen molar-refractivity contribution in [3.8, 4) is 11.3 Å². The summed E-state index contributed by atoms with van der Waals surface area (Å²) in [5.41, 5.74) is 3.47. The molecule has 3 rings (SSSR count). The third kappa shape index (κ3) is 4.21. The number of fused-ring (bicyclic) bond motifs is 1. The van der Waals surface area contributed by atoms with Gasteiger partial charge >= 0.3 is 0 Å². The van der Waals surface area contributed by atoms with Crippen molar-refractivity contribution in [2.75, 3.05) is 6.61 Å². The molecule has 3 aromatic rings. The number of aromatic nitrogens is 3. The first-order chi connectivity index (χ1) is 12.0. The van der Waals surface area contributed by atoms with Crippen molar-refractivity contribution < 1.29 is 14.3 Å². The molecule has 1 N–H and O–H groups in total. The maximum Gasteiger partial charge on any atom is 0.239 e. The topological polar surface area (TPSA) is 58.3 Å². The van der Waals surface area contributed by atoms with E-state index in [-0.39, 0.29) is 8.46 Å². The van der Waals surface area contributed by atoms with E-state index in [9.17, 15) is 4.57 Å². The van der Waals surface area contributed by atoms with Gasteiger partial charge in [0.15, 0.2) is 17.9 Å². The molecule has 5 nitrogen and oxygen atoms in total. The Morgan fingerprint density at radius 3 is 2.68 bits per heavy atom. The molecule has 1 aromatic carbocycles. The van der Waals surface area contributed by atoms with Crippen molar-refractivity contribution in [1.29, 1.82) is 0 Å². The maximum atomic E-state index is 11.6. The number of rotatable bonds is 7. The van der Waals surface area contributed by atoms with E-state index in [1.54, 1.807) is 6.33 Å². The summed E-state index contributed by atoms with van der Waals surface area (Å²) in [7, 11) is -1.15. The summed E-state index contributed by atoms with van der Waals surface area (Å²) in [4.78, 5) is 7.66. The van der Waals surface area contributed by atoms with Gasteiger partial charge in [-0.1, -0.05) is 50.0 Å². The fourth-order valence-electron chi connectivity index (χ4n) is 2.67. The van der Waals surface area contributed by atoms with Crippen LogP contribution in [0, 0.1) is 0 Å². The van der Waals surface area contributed by atoms with Gasteiger partial charge in [-0.15, -0.1) is 4.98 Å². The zero-order valence-electron chi connectivity index (χ0n) is 14.8. The molecule has 0 amide bonds. The molecule has 0 radical (unpaired) electrons. The van der Waals surface area contributed by atoms with Crippen LogP contribution in [0.4, 0.5) is 0 Å². The van der Waals surface area contributed by atoms with Crippen LogP contribution in [0.1, 0.15) is 0 Å². The van der Waals surface area contributed by atoms with E-state index in [4.69, 9.17) is 4.74 Å². The highest BCUT2D eigenvalue weighted by Crippen LogP contribution is 2.25. The summed E-state index contributed by atoms with van der Waals surface area (Å²) in [5, 5.41) is 0.945. The van der Waals surface area contributed by atoms with Gasteiger partial charge in [0.2, 0.25) is 20.4 Å². The van der Waals surface area contributed by atoms with Crippen LogP contribution in [0.2, 0.25) is 25.7 Å². The van der Waals surface area contributed by atoms with Crippen molar-refractivity contribution in [2.45, 2.75) is 32.4 Å². The molecule has 0 aliphatic carbocycles. The molecule has 0 bridgehead atoms. The minimum atomic E-state index is -1.12. The van der Waals surface area contributed by atoms with Gasteiger partial charge in [-0.25, -0.2) is 9.55 Å². The van der Waals surface area contributed by atoms with Gasteiger partial charge in [0.05, 0.1) is 5.39 Å². The molecular formula is C18H23N3O2PSi+. The van der Waals surface area contributed by atoms with Crippen molar-refractivity contribution in [3.63, 3.8) is 0 Å². The predicted molar refractivity (Wildman–Crippen MR) is 103 cm³/mol. The van der Waals surface area contributed by atoms with Gasteiger partial charge in [-0.05, 0) is 6.04 Å². The molecule has 0 spiro atoms. The molecule has 130 valence electrons. The number of benzene rings is 1. The highest BCUT2D eigenvalue weighted by Gasteiger charge is 2.21. The highest BCUT2D eigenvalue weighted by atomic mass is 31.1. The van der Waals surface area contributed by atoms with Crippen LogP contribution >= 0.6 is 8.46 Å². The van der Waals surface area contributed by atoms with Crippen molar-refractivity contribution in [3.05, 3.63) is 42.7 Å². The molecule has 0 atom stereocenters. The summed E-state index contributed by atoms with van der Waals surface area (Å²) in [6.07, 6.45) is 1.68. The second kappa shape index (κ2) is 7.56. The van der Waals surface area contributed by atoms with Gasteiger partial charge in [0, 0.05) is 26.3 Å². The normalized spacial score (nSPS) is 12.1. The van der Waals surface area contributed by atoms with Crippen LogP contribution < -0.4 is 10.4 Å². The van der Waals surface area contributed by atoms with Gasteiger partial charge in [-0.3, -0.25) is 4.57 Å². The number of hydrogen-bond donors (Lipinski definition) is 0. The molecule has 0 saturated heterocycles. The summed E-state index contributed by atoms with van der Waals surface area (Å²) in [6.45, 7) is 8.09. The van der Waals surface area contributed by atoms with E-state index >= 15 is 0 Å². The molecule has 0 aliphatic rings. The van der Waals surface area contributed by atoms with Crippen LogP contribution in [-0.2, 0) is 16.0 Å². The first kappa shape index (κ1) is 17.9. The van der Waals surface area contributed by atoms with Gasteiger partial charge in [-0.2, -0.15) is 0 Å². The van der Waals surface area contributed by atoms with E-state index in [1.165, 1.54) is 0 Å². The fourth-order valence-corrected chi connectivity index (χ4v) is 3.86. The average molecular weight is 372 g/mol. The third-order valence-corrected chi connectivity index (χ3v) is 6.34. The molecule has 0 fully saturated rings. The molecule has 25 heavy (non-hydrogen) atoms. The molecule has 7 heteroatoms. The second-order valence-electron chi connectivity index (χ2n) is 7.25. The highest BCUT2D eigenvalue weighted by molar-refractivity contribution is 7.33. The summed E-state index contributed by atoms with van der Waals surface area (Å²) in [6, 6.07) is 13.0. The lowest BCUT2D eigenvalue weighted by Gasteiger charge is -2.15. The van der Waals surface area contributed by atoms with Crippen LogP contribution in [0.3, 0.4) is 0 Å². The van der Waals surface area contributed by atoms with Crippen LogP contribution in [0.25, 0.3) is 22.3 Å². The average Bonchev–Trinajstić information content (AvgIpc) is 2.96. The lowest BCUT2D eigenvalue weighted by Crippen LogP contribution is -2.23. The van der Waals surface area contributed by atoms with Crippen molar-refractivity contribution >= 4 is 33.0 Å². The largest absolute Gasteiger partial charge is 0.348 e. The lowest BCUT2D eigenvalue weighted by atomic mass is 10.1. The summed E-state index contributed by atoms with van der Waals surface area (Å²) >= 11 is 0. The minimum Gasteiger partial charge on any atom is -0.348 e. The van der Waals surface area contributed by atoms with Gasteiger partial charge in [0.1, 0.15) is 0 Å². The second-order valence-corrected chi connectivity index (χ2v) is 13.5.